The minimum atomic E-state index is -0.0564. The van der Waals surface area contributed by atoms with Gasteiger partial charge in [0, 0.05) is 24.9 Å². The molecule has 70 valence electrons. The molecule has 0 spiro atoms. The maximum Gasteiger partial charge on any atom is 0.223 e. The number of anilines is 1. The van der Waals surface area contributed by atoms with E-state index < -0.39 is 0 Å². The molecule has 2 rings (SSSR count). The van der Waals surface area contributed by atoms with Crippen LogP contribution in [0.2, 0.25) is 0 Å². The predicted molar refractivity (Wildman–Crippen MR) is 51.8 cm³/mol. The average Bonchev–Trinajstić information content (AvgIpc) is 2.44. The third-order valence-corrected chi connectivity index (χ3v) is 2.96. The molecule has 1 aromatic heterocycles. The van der Waals surface area contributed by atoms with E-state index >= 15 is 0 Å². The zero-order chi connectivity index (χ0) is 9.26. The van der Waals surface area contributed by atoms with Crippen molar-refractivity contribution in [3.05, 3.63) is 10.6 Å². The third-order valence-electron chi connectivity index (χ3n) is 1.88. The molecule has 4 nitrogen and oxygen atoms in total. The highest BCUT2D eigenvalue weighted by molar-refractivity contribution is 7.15. The molecule has 5 heteroatoms. The molecule has 2 heterocycles. The normalized spacial score (nSPS) is 15.2. The Kier molecular flexibility index (Phi) is 2.28. The van der Waals surface area contributed by atoms with Crippen LogP contribution in [0.25, 0.3) is 0 Å². The van der Waals surface area contributed by atoms with Crippen LogP contribution in [0.3, 0.4) is 0 Å². The van der Waals surface area contributed by atoms with Crippen molar-refractivity contribution in [2.45, 2.75) is 19.9 Å². The van der Waals surface area contributed by atoms with Gasteiger partial charge in [-0.2, -0.15) is 0 Å². The summed E-state index contributed by atoms with van der Waals surface area (Å²) in [5.74, 6) is -0.0564. The number of amides is 1. The molecule has 0 radical (unpaired) electrons. The number of nitrogens with zero attached hydrogens (tertiary/aromatic N) is 1. The zero-order valence-electron chi connectivity index (χ0n) is 7.39. The van der Waals surface area contributed by atoms with Gasteiger partial charge in [0.15, 0.2) is 5.13 Å². The molecule has 0 saturated heterocycles. The van der Waals surface area contributed by atoms with Gasteiger partial charge < -0.3 is 10.6 Å². The van der Waals surface area contributed by atoms with Gasteiger partial charge in [-0.05, 0) is 6.42 Å². The van der Waals surface area contributed by atoms with Crippen LogP contribution in [-0.2, 0) is 17.8 Å². The Labute approximate surface area is 80.4 Å². The smallest absolute Gasteiger partial charge is 0.223 e. The maximum absolute atomic E-state index is 10.8. The van der Waals surface area contributed by atoms with Crippen molar-refractivity contribution in [2.75, 3.05) is 11.9 Å². The Hall–Kier alpha value is -0.940. The van der Waals surface area contributed by atoms with Crippen molar-refractivity contribution in [2.24, 2.45) is 0 Å². The summed E-state index contributed by atoms with van der Waals surface area (Å²) in [4.78, 5) is 16.4. The number of carbonyl (C=O) groups is 1. The molecule has 0 atom stereocenters. The lowest BCUT2D eigenvalue weighted by Gasteiger charge is -2.09. The second-order valence-corrected chi connectivity index (χ2v) is 4.08. The molecule has 1 amide bonds. The number of fused-ring (bicyclic) bond motifs is 1. The second kappa shape index (κ2) is 3.43. The molecule has 0 aromatic carbocycles. The van der Waals surface area contributed by atoms with E-state index in [0.717, 1.165) is 30.3 Å². The van der Waals surface area contributed by atoms with Gasteiger partial charge in [0.25, 0.3) is 0 Å². The van der Waals surface area contributed by atoms with E-state index in [1.807, 2.05) is 0 Å². The lowest BCUT2D eigenvalue weighted by molar-refractivity contribution is -0.114. The maximum atomic E-state index is 10.8. The molecule has 1 aliphatic heterocycles. The summed E-state index contributed by atoms with van der Waals surface area (Å²) in [6.07, 6.45) is 1.02. The van der Waals surface area contributed by atoms with Crippen molar-refractivity contribution in [1.29, 1.82) is 0 Å². The Bertz CT molecular complexity index is 311. The van der Waals surface area contributed by atoms with E-state index in [1.54, 1.807) is 11.3 Å². The van der Waals surface area contributed by atoms with Crippen molar-refractivity contribution in [3.63, 3.8) is 0 Å². The predicted octanol–water partition coefficient (Wildman–Crippen LogP) is 0.747. The van der Waals surface area contributed by atoms with Crippen LogP contribution >= 0.6 is 11.3 Å². The van der Waals surface area contributed by atoms with Gasteiger partial charge in [-0.15, -0.1) is 11.3 Å². The van der Waals surface area contributed by atoms with E-state index in [2.05, 4.69) is 15.6 Å². The number of nitrogens with one attached hydrogen (secondary N) is 2. The number of rotatable bonds is 1. The fourth-order valence-corrected chi connectivity index (χ4v) is 2.35. The van der Waals surface area contributed by atoms with E-state index in [0.29, 0.717) is 0 Å². The number of carbonyl (C=O) groups excluding carboxylic acids is 1. The van der Waals surface area contributed by atoms with Crippen LogP contribution in [-0.4, -0.2) is 17.4 Å². The number of thiazole rings is 1. The van der Waals surface area contributed by atoms with Gasteiger partial charge in [-0.25, -0.2) is 4.98 Å². The van der Waals surface area contributed by atoms with Crippen LogP contribution in [0.1, 0.15) is 17.5 Å². The van der Waals surface area contributed by atoms with Gasteiger partial charge in [-0.1, -0.05) is 0 Å². The number of hydrogen-bond donors (Lipinski definition) is 2. The van der Waals surface area contributed by atoms with Gasteiger partial charge >= 0.3 is 0 Å². The first-order valence-corrected chi connectivity index (χ1v) is 5.04. The van der Waals surface area contributed by atoms with Crippen LogP contribution in [0.4, 0.5) is 5.13 Å². The highest BCUT2D eigenvalue weighted by atomic mass is 32.1. The fourth-order valence-electron chi connectivity index (χ4n) is 1.33. The largest absolute Gasteiger partial charge is 0.311 e. The van der Waals surface area contributed by atoms with Crippen molar-refractivity contribution >= 4 is 22.4 Å². The van der Waals surface area contributed by atoms with E-state index in [4.69, 9.17) is 0 Å². The molecular formula is C8H11N3OS. The van der Waals surface area contributed by atoms with E-state index in [-0.39, 0.29) is 5.91 Å². The minimum Gasteiger partial charge on any atom is -0.311 e. The molecule has 0 aliphatic carbocycles. The highest BCUT2D eigenvalue weighted by Crippen LogP contribution is 2.25. The minimum absolute atomic E-state index is 0.0564. The second-order valence-electron chi connectivity index (χ2n) is 3.00. The van der Waals surface area contributed by atoms with E-state index in [1.165, 1.54) is 11.8 Å². The standard InChI is InChI=1S/C8H11N3OS/c1-5(12)10-8-11-6-4-9-3-2-7(6)13-8/h9H,2-4H2,1H3,(H,10,11,12). The Balaban J connectivity index is 2.20. The third kappa shape index (κ3) is 1.87. The number of hydrogen-bond acceptors (Lipinski definition) is 4. The van der Waals surface area contributed by atoms with Crippen LogP contribution in [0, 0.1) is 0 Å². The lowest BCUT2D eigenvalue weighted by atomic mass is 10.2. The quantitative estimate of drug-likeness (QED) is 0.698. The first-order chi connectivity index (χ1) is 6.25. The van der Waals surface area contributed by atoms with Gasteiger partial charge in [0.2, 0.25) is 5.91 Å². The summed E-state index contributed by atoms with van der Waals surface area (Å²) >= 11 is 1.58. The van der Waals surface area contributed by atoms with Crippen LogP contribution < -0.4 is 10.6 Å². The highest BCUT2D eigenvalue weighted by Gasteiger charge is 2.14. The molecular weight excluding hydrogens is 186 g/mol. The SMILES string of the molecule is CC(=O)Nc1nc2c(s1)CCNC2. The molecule has 13 heavy (non-hydrogen) atoms. The molecule has 1 aliphatic rings. The van der Waals surface area contributed by atoms with E-state index in [9.17, 15) is 4.79 Å². The average molecular weight is 197 g/mol. The number of aromatic nitrogens is 1. The molecule has 0 saturated carbocycles. The van der Waals surface area contributed by atoms with Crippen molar-refractivity contribution < 1.29 is 4.79 Å². The Morgan fingerprint density at radius 3 is 3.23 bits per heavy atom. The summed E-state index contributed by atoms with van der Waals surface area (Å²) in [5.41, 5.74) is 1.08. The molecule has 1 aromatic rings. The monoisotopic (exact) mass is 197 g/mol. The van der Waals surface area contributed by atoms with Gasteiger partial charge in [0.1, 0.15) is 0 Å². The molecule has 0 fully saturated rings. The summed E-state index contributed by atoms with van der Waals surface area (Å²) < 4.78 is 0. The summed E-state index contributed by atoms with van der Waals surface area (Å²) in [6.45, 7) is 3.33. The summed E-state index contributed by atoms with van der Waals surface area (Å²) in [6, 6.07) is 0. The molecule has 2 N–H and O–H groups in total. The van der Waals surface area contributed by atoms with Gasteiger partial charge in [0.05, 0.1) is 5.69 Å². The van der Waals surface area contributed by atoms with Crippen LogP contribution in [0.5, 0.6) is 0 Å². The summed E-state index contributed by atoms with van der Waals surface area (Å²) in [5, 5.41) is 6.67. The first kappa shape index (κ1) is 8.65. The Morgan fingerprint density at radius 2 is 2.54 bits per heavy atom. The topological polar surface area (TPSA) is 54.0 Å². The molecule has 0 unspecified atom stereocenters. The van der Waals surface area contributed by atoms with Crippen molar-refractivity contribution in [3.8, 4) is 0 Å². The first-order valence-electron chi connectivity index (χ1n) is 4.22. The summed E-state index contributed by atoms with van der Waals surface area (Å²) in [7, 11) is 0. The fraction of sp³-hybridized carbons (Fsp3) is 0.500. The van der Waals surface area contributed by atoms with Crippen LogP contribution in [0.15, 0.2) is 0 Å². The Morgan fingerprint density at radius 1 is 1.69 bits per heavy atom. The zero-order valence-corrected chi connectivity index (χ0v) is 8.20. The molecule has 0 bridgehead atoms. The lowest BCUT2D eigenvalue weighted by Crippen LogP contribution is -2.22. The van der Waals surface area contributed by atoms with Gasteiger partial charge in [-0.3, -0.25) is 4.79 Å². The van der Waals surface area contributed by atoms with Crippen molar-refractivity contribution in [1.82, 2.24) is 10.3 Å².